The maximum absolute atomic E-state index is 13.6. The summed E-state index contributed by atoms with van der Waals surface area (Å²) in [5.74, 6) is -0.0856. The maximum Gasteiger partial charge on any atom is 0.343 e. The first-order valence-corrected chi connectivity index (χ1v) is 13.0. The van der Waals surface area contributed by atoms with Gasteiger partial charge in [0.25, 0.3) is 5.56 Å². The number of Topliss-reactive ketones (excluding diaryl/α,β-unsaturated/α-hetero) is 1. The molecule has 12 heteroatoms. The largest absolute Gasteiger partial charge is 0.458 e. The zero-order valence-electron chi connectivity index (χ0n) is 22.3. The van der Waals surface area contributed by atoms with E-state index in [1.807, 2.05) is 19.1 Å². The number of rotatable bonds is 8. The maximum atomic E-state index is 13.6. The molecule has 40 heavy (non-hydrogen) atoms. The Labute approximate surface area is 228 Å². The number of esters is 1. The molecule has 3 aliphatic heterocycles. The Morgan fingerprint density at radius 1 is 1.25 bits per heavy atom. The lowest BCUT2D eigenvalue weighted by Crippen LogP contribution is -2.44. The molecule has 0 saturated carbocycles. The van der Waals surface area contributed by atoms with E-state index in [2.05, 4.69) is 5.32 Å². The van der Waals surface area contributed by atoms with Crippen LogP contribution < -0.4 is 20.3 Å². The van der Waals surface area contributed by atoms with Gasteiger partial charge < -0.3 is 33.7 Å². The highest BCUT2D eigenvalue weighted by atomic mass is 16.7. The van der Waals surface area contributed by atoms with E-state index >= 15 is 0 Å². The molecule has 1 aromatic carbocycles. The van der Waals surface area contributed by atoms with E-state index < -0.39 is 36.0 Å². The summed E-state index contributed by atoms with van der Waals surface area (Å²) in [6.45, 7) is 2.91. The second-order valence-electron chi connectivity index (χ2n) is 10.2. The number of pyridine rings is 2. The van der Waals surface area contributed by atoms with Gasteiger partial charge in [-0.25, -0.2) is 9.78 Å². The topological polar surface area (TPSA) is 158 Å². The van der Waals surface area contributed by atoms with Crippen LogP contribution in [0.25, 0.3) is 22.3 Å². The molecular formula is C28H29N3O9. The average Bonchev–Trinajstić information content (AvgIpc) is 3.34. The predicted molar refractivity (Wildman–Crippen MR) is 140 cm³/mol. The van der Waals surface area contributed by atoms with Crippen molar-refractivity contribution in [3.63, 3.8) is 0 Å². The Hall–Kier alpha value is -3.84. The summed E-state index contributed by atoms with van der Waals surface area (Å²) < 4.78 is 23.6. The number of aliphatic hydroxyl groups is 2. The molecule has 0 amide bonds. The smallest absolute Gasteiger partial charge is 0.343 e. The number of methoxy groups -OCH3 is 1. The van der Waals surface area contributed by atoms with Gasteiger partial charge in [0.15, 0.2) is 11.4 Å². The van der Waals surface area contributed by atoms with Crippen LogP contribution in [0.4, 0.5) is 0 Å². The molecule has 12 nitrogen and oxygen atoms in total. The molecule has 3 aliphatic rings. The number of hydrogen-bond donors (Lipinski definition) is 3. The monoisotopic (exact) mass is 551 g/mol. The molecular weight excluding hydrogens is 522 g/mol. The Balaban J connectivity index is 1.55. The van der Waals surface area contributed by atoms with Gasteiger partial charge in [-0.3, -0.25) is 14.9 Å². The van der Waals surface area contributed by atoms with Gasteiger partial charge in [0.05, 0.1) is 47.0 Å². The third kappa shape index (κ3) is 3.74. The van der Waals surface area contributed by atoms with Crippen molar-refractivity contribution >= 4 is 22.7 Å². The van der Waals surface area contributed by atoms with Gasteiger partial charge in [-0.1, -0.05) is 13.0 Å². The van der Waals surface area contributed by atoms with Gasteiger partial charge in [-0.15, -0.1) is 0 Å². The van der Waals surface area contributed by atoms with Crippen LogP contribution in [0, 0.1) is 0 Å². The van der Waals surface area contributed by atoms with E-state index in [0.717, 1.165) is 5.56 Å². The van der Waals surface area contributed by atoms with Crippen molar-refractivity contribution in [3.05, 3.63) is 50.8 Å². The quantitative estimate of drug-likeness (QED) is 0.269. The summed E-state index contributed by atoms with van der Waals surface area (Å²) in [6, 6.07) is 4.16. The minimum atomic E-state index is -1.94. The minimum Gasteiger partial charge on any atom is -0.458 e. The van der Waals surface area contributed by atoms with Crippen molar-refractivity contribution in [2.75, 3.05) is 27.1 Å². The van der Waals surface area contributed by atoms with Crippen LogP contribution in [-0.4, -0.2) is 64.7 Å². The molecule has 0 bridgehead atoms. The van der Waals surface area contributed by atoms with Gasteiger partial charge in [0, 0.05) is 24.3 Å². The first kappa shape index (κ1) is 26.4. The van der Waals surface area contributed by atoms with Crippen LogP contribution in [-0.2, 0) is 37.8 Å². The second-order valence-corrected chi connectivity index (χ2v) is 10.2. The van der Waals surface area contributed by atoms with Crippen LogP contribution in [0.3, 0.4) is 0 Å². The number of nitrogens with zero attached hydrogens (tertiary/aromatic N) is 2. The SMILES string of the molecule is CC[C@@]1(O)C(=O)OCc2c1cc1n(c2=O)Cc2c-1nc1c(C(C)NC(COC)C(=O)CO)ccc3c1c2OCO3. The van der Waals surface area contributed by atoms with Crippen LogP contribution in [0.5, 0.6) is 11.5 Å². The molecule has 0 saturated heterocycles. The number of nitrogens with one attached hydrogen (secondary N) is 1. The molecule has 3 aromatic rings. The molecule has 0 spiro atoms. The van der Waals surface area contributed by atoms with Crippen LogP contribution >= 0.6 is 0 Å². The summed E-state index contributed by atoms with van der Waals surface area (Å²) in [5.41, 5.74) is 1.07. The normalized spacial score (nSPS) is 20.1. The van der Waals surface area contributed by atoms with Crippen molar-refractivity contribution < 1.29 is 38.7 Å². The van der Waals surface area contributed by atoms with Crippen LogP contribution in [0.15, 0.2) is 23.0 Å². The summed E-state index contributed by atoms with van der Waals surface area (Å²) in [7, 11) is 1.48. The first-order valence-electron chi connectivity index (χ1n) is 13.0. The van der Waals surface area contributed by atoms with Gasteiger partial charge >= 0.3 is 5.97 Å². The lowest BCUT2D eigenvalue weighted by Gasteiger charge is -2.31. The predicted octanol–water partition coefficient (Wildman–Crippen LogP) is 1.04. The van der Waals surface area contributed by atoms with Crippen molar-refractivity contribution in [2.45, 2.75) is 51.1 Å². The molecule has 0 aliphatic carbocycles. The van der Waals surface area contributed by atoms with Gasteiger partial charge in [0.1, 0.15) is 24.7 Å². The van der Waals surface area contributed by atoms with E-state index in [1.165, 1.54) is 7.11 Å². The van der Waals surface area contributed by atoms with Crippen molar-refractivity contribution in [2.24, 2.45) is 0 Å². The molecule has 2 aromatic heterocycles. The summed E-state index contributed by atoms with van der Waals surface area (Å²) >= 11 is 0. The number of ether oxygens (including phenoxy) is 4. The lowest BCUT2D eigenvalue weighted by atomic mass is 9.86. The molecule has 0 fully saturated rings. The van der Waals surface area contributed by atoms with Gasteiger partial charge in [0.2, 0.25) is 6.79 Å². The third-order valence-corrected chi connectivity index (χ3v) is 8.00. The summed E-state index contributed by atoms with van der Waals surface area (Å²) in [4.78, 5) is 43.4. The Morgan fingerprint density at radius 2 is 2.05 bits per heavy atom. The van der Waals surface area contributed by atoms with Crippen molar-refractivity contribution in [3.8, 4) is 22.9 Å². The Kier molecular flexibility index (Phi) is 6.37. The number of carbonyl (C=O) groups excluding carboxylic acids is 2. The van der Waals surface area contributed by atoms with Crippen LogP contribution in [0.1, 0.15) is 48.6 Å². The highest BCUT2D eigenvalue weighted by Gasteiger charge is 2.45. The van der Waals surface area contributed by atoms with E-state index in [-0.39, 0.29) is 49.7 Å². The third-order valence-electron chi connectivity index (χ3n) is 8.00. The molecule has 6 rings (SSSR count). The fourth-order valence-electron chi connectivity index (χ4n) is 5.82. The molecule has 2 unspecified atom stereocenters. The average molecular weight is 552 g/mol. The number of fused-ring (bicyclic) bond motifs is 5. The van der Waals surface area contributed by atoms with E-state index in [4.69, 9.17) is 23.9 Å². The fourth-order valence-corrected chi connectivity index (χ4v) is 5.82. The summed E-state index contributed by atoms with van der Waals surface area (Å²) in [6.07, 6.45) is 0.0390. The van der Waals surface area contributed by atoms with Gasteiger partial charge in [-0.2, -0.15) is 0 Å². The second kappa shape index (κ2) is 9.66. The lowest BCUT2D eigenvalue weighted by molar-refractivity contribution is -0.172. The minimum absolute atomic E-state index is 0.0215. The number of benzene rings is 1. The number of aromatic nitrogens is 2. The van der Waals surface area contributed by atoms with Crippen molar-refractivity contribution in [1.82, 2.24) is 14.9 Å². The van der Waals surface area contributed by atoms with Gasteiger partial charge in [-0.05, 0) is 31.0 Å². The van der Waals surface area contributed by atoms with E-state index in [1.54, 1.807) is 17.6 Å². The Bertz CT molecular complexity index is 1630. The Morgan fingerprint density at radius 3 is 2.77 bits per heavy atom. The zero-order valence-corrected chi connectivity index (χ0v) is 22.3. The molecule has 0 radical (unpaired) electrons. The number of aliphatic hydroxyl groups excluding tert-OH is 1. The van der Waals surface area contributed by atoms with E-state index in [9.17, 15) is 24.6 Å². The fraction of sp³-hybridized carbons (Fsp3) is 0.429. The zero-order chi connectivity index (χ0) is 28.3. The van der Waals surface area contributed by atoms with Crippen molar-refractivity contribution in [1.29, 1.82) is 0 Å². The number of hydrogen-bond acceptors (Lipinski definition) is 11. The molecule has 3 N–H and O–H groups in total. The number of ketones is 1. The number of cyclic esters (lactones) is 1. The standard InChI is InChI=1S/C28H29N3O9/c1-4-28(36)17-7-19-23-15(8-31(19)26(34)16(17)10-38-27(28)35)25-22-21(39-12-40-25)6-5-14(24(22)30-23)13(2)29-18(11-37-3)20(33)9-32/h5-7,13,18,29,32,36H,4,8-12H2,1-3H3/t13?,18?,28-/m0/s1. The first-order chi connectivity index (χ1) is 19.2. The molecule has 210 valence electrons. The molecule has 5 heterocycles. The highest BCUT2D eigenvalue weighted by Crippen LogP contribution is 2.47. The number of carbonyl (C=O) groups is 2. The summed E-state index contributed by atoms with van der Waals surface area (Å²) in [5, 5.41) is 24.5. The highest BCUT2D eigenvalue weighted by molar-refractivity contribution is 5.98. The van der Waals surface area contributed by atoms with E-state index in [0.29, 0.717) is 39.4 Å². The molecule has 3 atom stereocenters. The van der Waals surface area contributed by atoms with Crippen LogP contribution in [0.2, 0.25) is 0 Å².